The third-order valence-electron chi connectivity index (χ3n) is 5.95. The Morgan fingerprint density at radius 2 is 2.10 bits per heavy atom. The number of aryl methyl sites for hydroxylation is 2. The van der Waals surface area contributed by atoms with Gasteiger partial charge in [-0.25, -0.2) is 9.97 Å². The summed E-state index contributed by atoms with van der Waals surface area (Å²) in [6, 6.07) is 10.6. The molecule has 4 aromatic rings. The largest absolute Gasteiger partial charge is 0.361 e. The average molecular weight is 387 g/mol. The molecule has 0 aliphatic carbocycles. The molecular formula is C23H25N5O. The van der Waals surface area contributed by atoms with Crippen molar-refractivity contribution in [1.82, 2.24) is 25.0 Å². The van der Waals surface area contributed by atoms with E-state index in [1.807, 2.05) is 13.8 Å². The first-order chi connectivity index (χ1) is 14.2. The zero-order valence-corrected chi connectivity index (χ0v) is 16.9. The van der Waals surface area contributed by atoms with Crippen LogP contribution in [-0.2, 0) is 13.0 Å². The van der Waals surface area contributed by atoms with Crippen LogP contribution in [0.1, 0.15) is 29.1 Å². The van der Waals surface area contributed by atoms with Gasteiger partial charge in [0.15, 0.2) is 0 Å². The van der Waals surface area contributed by atoms with Gasteiger partial charge in [-0.2, -0.15) is 0 Å². The molecule has 6 heteroatoms. The van der Waals surface area contributed by atoms with E-state index in [9.17, 15) is 0 Å². The Bertz CT molecular complexity index is 1130. The Hall–Kier alpha value is -2.99. The molecular weight excluding hydrogens is 362 g/mol. The van der Waals surface area contributed by atoms with Gasteiger partial charge in [-0.15, -0.1) is 0 Å². The summed E-state index contributed by atoms with van der Waals surface area (Å²) in [5, 5.41) is 5.38. The fraction of sp³-hybridized carbons (Fsp3) is 0.348. The molecule has 4 heterocycles. The molecule has 5 rings (SSSR count). The zero-order chi connectivity index (χ0) is 19.8. The minimum Gasteiger partial charge on any atom is -0.361 e. The molecule has 29 heavy (non-hydrogen) atoms. The van der Waals surface area contributed by atoms with Crippen LogP contribution >= 0.6 is 0 Å². The highest BCUT2D eigenvalue weighted by atomic mass is 16.5. The van der Waals surface area contributed by atoms with Gasteiger partial charge < -0.3 is 9.51 Å². The number of likely N-dealkylation sites (tertiary alicyclic amines) is 1. The minimum atomic E-state index is 0.618. The number of nitrogens with zero attached hydrogens (tertiary/aromatic N) is 4. The molecule has 1 aromatic carbocycles. The van der Waals surface area contributed by atoms with E-state index in [0.29, 0.717) is 5.92 Å². The molecule has 1 fully saturated rings. The highest BCUT2D eigenvalue weighted by Gasteiger charge is 2.24. The summed E-state index contributed by atoms with van der Waals surface area (Å²) >= 11 is 0. The maximum absolute atomic E-state index is 5.30. The van der Waals surface area contributed by atoms with Crippen LogP contribution in [0.5, 0.6) is 0 Å². The highest BCUT2D eigenvalue weighted by Crippen LogP contribution is 2.28. The highest BCUT2D eigenvalue weighted by molar-refractivity contribution is 5.82. The number of hydrogen-bond donors (Lipinski definition) is 1. The van der Waals surface area contributed by atoms with Gasteiger partial charge >= 0.3 is 0 Å². The van der Waals surface area contributed by atoms with E-state index in [4.69, 9.17) is 4.52 Å². The van der Waals surface area contributed by atoms with Gasteiger partial charge in [0.2, 0.25) is 0 Å². The van der Waals surface area contributed by atoms with Crippen molar-refractivity contribution >= 4 is 10.9 Å². The van der Waals surface area contributed by atoms with Crippen molar-refractivity contribution in [2.24, 2.45) is 5.92 Å². The molecule has 1 atom stereocenters. The summed E-state index contributed by atoms with van der Waals surface area (Å²) in [7, 11) is 0. The van der Waals surface area contributed by atoms with Crippen molar-refractivity contribution in [3.63, 3.8) is 0 Å². The van der Waals surface area contributed by atoms with Crippen molar-refractivity contribution in [3.05, 3.63) is 65.6 Å². The van der Waals surface area contributed by atoms with Gasteiger partial charge in [-0.05, 0) is 56.8 Å². The lowest BCUT2D eigenvalue weighted by molar-refractivity contribution is 0.317. The fourth-order valence-electron chi connectivity index (χ4n) is 4.52. The molecule has 148 valence electrons. The minimum absolute atomic E-state index is 0.618. The molecule has 0 radical (unpaired) electrons. The molecule has 6 nitrogen and oxygen atoms in total. The van der Waals surface area contributed by atoms with Crippen LogP contribution in [0.3, 0.4) is 0 Å². The summed E-state index contributed by atoms with van der Waals surface area (Å²) in [4.78, 5) is 14.9. The maximum atomic E-state index is 5.30. The first-order valence-electron chi connectivity index (χ1n) is 10.2. The van der Waals surface area contributed by atoms with E-state index >= 15 is 0 Å². The normalized spacial score (nSPS) is 17.4. The van der Waals surface area contributed by atoms with Crippen LogP contribution in [0.2, 0.25) is 0 Å². The van der Waals surface area contributed by atoms with Gasteiger partial charge in [0.1, 0.15) is 12.1 Å². The number of nitrogens with one attached hydrogen (secondary N) is 1. The van der Waals surface area contributed by atoms with E-state index in [2.05, 4.69) is 61.5 Å². The van der Waals surface area contributed by atoms with Crippen LogP contribution in [0, 0.1) is 19.8 Å². The molecule has 1 unspecified atom stereocenters. The average Bonchev–Trinajstić information content (AvgIpc) is 3.43. The van der Waals surface area contributed by atoms with Crippen LogP contribution in [0.15, 0.2) is 47.4 Å². The number of fused-ring (bicyclic) bond motifs is 1. The van der Waals surface area contributed by atoms with Crippen LogP contribution in [-0.4, -0.2) is 38.1 Å². The quantitative estimate of drug-likeness (QED) is 0.553. The summed E-state index contributed by atoms with van der Waals surface area (Å²) in [6.45, 7) is 7.11. The molecule has 1 aliphatic heterocycles. The Balaban J connectivity index is 1.26. The van der Waals surface area contributed by atoms with Crippen molar-refractivity contribution in [2.45, 2.75) is 33.2 Å². The van der Waals surface area contributed by atoms with Crippen molar-refractivity contribution in [3.8, 4) is 11.3 Å². The Morgan fingerprint density at radius 3 is 2.97 bits per heavy atom. The lowest BCUT2D eigenvalue weighted by Gasteiger charge is -2.15. The monoisotopic (exact) mass is 387 g/mol. The Morgan fingerprint density at radius 1 is 1.21 bits per heavy atom. The third kappa shape index (κ3) is 3.56. The molecule has 1 N–H and O–H groups in total. The number of rotatable bonds is 5. The number of hydrogen-bond acceptors (Lipinski definition) is 5. The molecule has 0 amide bonds. The second-order valence-corrected chi connectivity index (χ2v) is 8.05. The second kappa shape index (κ2) is 7.44. The fourth-order valence-corrected chi connectivity index (χ4v) is 4.52. The molecule has 1 saturated heterocycles. The van der Waals surface area contributed by atoms with Crippen LogP contribution in [0.4, 0.5) is 0 Å². The van der Waals surface area contributed by atoms with Crippen molar-refractivity contribution in [2.75, 3.05) is 13.1 Å². The van der Waals surface area contributed by atoms with Crippen LogP contribution < -0.4 is 0 Å². The van der Waals surface area contributed by atoms with E-state index < -0.39 is 0 Å². The number of aromatic nitrogens is 4. The zero-order valence-electron chi connectivity index (χ0n) is 16.9. The predicted octanol–water partition coefficient (Wildman–Crippen LogP) is 4.29. The topological polar surface area (TPSA) is 70.8 Å². The van der Waals surface area contributed by atoms with E-state index in [1.54, 1.807) is 6.33 Å². The first kappa shape index (κ1) is 18.1. The van der Waals surface area contributed by atoms with Crippen LogP contribution in [0.25, 0.3) is 22.2 Å². The number of para-hydroxylation sites is 1. The predicted molar refractivity (Wildman–Crippen MR) is 112 cm³/mol. The third-order valence-corrected chi connectivity index (χ3v) is 5.95. The number of benzene rings is 1. The van der Waals surface area contributed by atoms with Crippen molar-refractivity contribution < 1.29 is 4.52 Å². The summed E-state index contributed by atoms with van der Waals surface area (Å²) in [5.74, 6) is 1.42. The van der Waals surface area contributed by atoms with Gasteiger partial charge in [-0.1, -0.05) is 23.4 Å². The second-order valence-electron chi connectivity index (χ2n) is 8.05. The summed E-state index contributed by atoms with van der Waals surface area (Å²) < 4.78 is 5.30. The van der Waals surface area contributed by atoms with Gasteiger partial charge in [0, 0.05) is 35.9 Å². The molecule has 1 aliphatic rings. The lowest BCUT2D eigenvalue weighted by atomic mass is 10.0. The first-order valence-corrected chi connectivity index (χ1v) is 10.2. The molecule has 0 spiro atoms. The molecule has 0 saturated carbocycles. The molecule has 0 bridgehead atoms. The lowest BCUT2D eigenvalue weighted by Crippen LogP contribution is -2.20. The number of H-pyrrole nitrogens is 1. The maximum Gasteiger partial charge on any atom is 0.143 e. The SMILES string of the molecule is Cc1noc(C)c1-c1cc(CC2CCN(Cc3c[nH]c4ccccc34)C2)ncn1. The van der Waals surface area contributed by atoms with E-state index in [1.165, 1.54) is 22.9 Å². The van der Waals surface area contributed by atoms with Gasteiger partial charge in [0.25, 0.3) is 0 Å². The van der Waals surface area contributed by atoms with Gasteiger partial charge in [-0.3, -0.25) is 4.90 Å². The summed E-state index contributed by atoms with van der Waals surface area (Å²) in [6.07, 6.45) is 5.99. The summed E-state index contributed by atoms with van der Waals surface area (Å²) in [5.41, 5.74) is 6.45. The van der Waals surface area contributed by atoms with E-state index in [-0.39, 0.29) is 0 Å². The Kier molecular flexibility index (Phi) is 4.64. The standard InChI is InChI=1S/C23H25N5O/c1-15-23(16(2)29-27-15)22-10-19(25-14-26-22)9-17-7-8-28(12-17)13-18-11-24-21-6-4-3-5-20(18)21/h3-6,10-11,14,17,24H,7-9,12-13H2,1-2H3. The number of aromatic amines is 1. The van der Waals surface area contributed by atoms with Gasteiger partial charge in [0.05, 0.1) is 17.0 Å². The van der Waals surface area contributed by atoms with E-state index in [0.717, 1.165) is 54.5 Å². The Labute approximate surface area is 170 Å². The molecule has 3 aromatic heterocycles. The smallest absolute Gasteiger partial charge is 0.143 e. The van der Waals surface area contributed by atoms with Crippen molar-refractivity contribution in [1.29, 1.82) is 0 Å².